The normalized spacial score (nSPS) is 19.9. The van der Waals surface area contributed by atoms with Crippen LogP contribution < -0.4 is 14.5 Å². The largest absolute Gasteiger partial charge is 0.497 e. The average molecular weight is 452 g/mol. The second kappa shape index (κ2) is 9.94. The van der Waals surface area contributed by atoms with Crippen molar-refractivity contribution in [2.75, 3.05) is 32.4 Å². The van der Waals surface area contributed by atoms with Gasteiger partial charge in [0, 0.05) is 24.6 Å². The topological polar surface area (TPSA) is 80.7 Å². The zero-order chi connectivity index (χ0) is 23.4. The summed E-state index contributed by atoms with van der Waals surface area (Å²) in [6.45, 7) is 2.64. The molecule has 0 aliphatic carbocycles. The highest BCUT2D eigenvalue weighted by Crippen LogP contribution is 2.40. The van der Waals surface area contributed by atoms with E-state index in [1.807, 2.05) is 53.4 Å². The van der Waals surface area contributed by atoms with Crippen LogP contribution in [0.1, 0.15) is 37.8 Å². The minimum atomic E-state index is -0.614. The number of likely N-dealkylation sites (tertiary alicyclic amines) is 1. The van der Waals surface area contributed by atoms with E-state index in [4.69, 9.17) is 14.2 Å². The molecule has 2 aliphatic rings. The van der Waals surface area contributed by atoms with Crippen molar-refractivity contribution in [2.45, 2.75) is 38.3 Å². The Balaban J connectivity index is 1.63. The Kier molecular flexibility index (Phi) is 6.82. The molecule has 2 heterocycles. The number of anilines is 1. The Morgan fingerprint density at radius 3 is 2.58 bits per heavy atom. The first-order valence-corrected chi connectivity index (χ1v) is 11.2. The highest BCUT2D eigenvalue weighted by atomic mass is 16.5. The third kappa shape index (κ3) is 4.51. The predicted octanol–water partition coefficient (Wildman–Crippen LogP) is 3.57. The van der Waals surface area contributed by atoms with Gasteiger partial charge in [-0.1, -0.05) is 18.2 Å². The van der Waals surface area contributed by atoms with Gasteiger partial charge in [-0.15, -0.1) is 0 Å². The number of benzene rings is 2. The molecule has 0 spiro atoms. The van der Waals surface area contributed by atoms with Gasteiger partial charge in [0.15, 0.2) is 0 Å². The first kappa shape index (κ1) is 22.6. The van der Waals surface area contributed by atoms with Crippen LogP contribution in [0.25, 0.3) is 0 Å². The second-order valence-corrected chi connectivity index (χ2v) is 7.96. The average Bonchev–Trinajstić information content (AvgIpc) is 3.52. The molecule has 1 saturated heterocycles. The number of carbonyl (C=O) groups is 2. The molecule has 0 bridgehead atoms. The maximum absolute atomic E-state index is 13.9. The van der Waals surface area contributed by atoms with Gasteiger partial charge in [0.25, 0.3) is 0 Å². The zero-order valence-corrected chi connectivity index (χ0v) is 19.2. The lowest BCUT2D eigenvalue weighted by molar-refractivity contribution is -0.135. The molecule has 0 radical (unpaired) electrons. The molecule has 4 rings (SSSR count). The van der Waals surface area contributed by atoms with Gasteiger partial charge >= 0.3 is 5.97 Å². The molecule has 8 heteroatoms. The van der Waals surface area contributed by atoms with E-state index in [9.17, 15) is 9.59 Å². The quantitative estimate of drug-likeness (QED) is 0.599. The van der Waals surface area contributed by atoms with E-state index in [-0.39, 0.29) is 30.7 Å². The van der Waals surface area contributed by atoms with Crippen LogP contribution in [0.5, 0.6) is 11.5 Å². The number of para-hydroxylation sites is 1. The van der Waals surface area contributed by atoms with Gasteiger partial charge < -0.3 is 19.1 Å². The number of carbonyl (C=O) groups excluding carboxylic acids is 2. The lowest BCUT2D eigenvalue weighted by Crippen LogP contribution is -2.45. The van der Waals surface area contributed by atoms with Gasteiger partial charge in [-0.05, 0) is 44.0 Å². The van der Waals surface area contributed by atoms with Gasteiger partial charge in [0.2, 0.25) is 5.91 Å². The molecule has 0 N–H and O–H groups in total. The monoisotopic (exact) mass is 451 g/mol. The molecule has 1 fully saturated rings. The lowest BCUT2D eigenvalue weighted by atomic mass is 10.0. The van der Waals surface area contributed by atoms with Crippen molar-refractivity contribution >= 4 is 23.3 Å². The van der Waals surface area contributed by atoms with Crippen molar-refractivity contribution in [3.63, 3.8) is 0 Å². The van der Waals surface area contributed by atoms with E-state index in [1.54, 1.807) is 26.2 Å². The molecule has 174 valence electrons. The molecule has 33 heavy (non-hydrogen) atoms. The molecule has 2 aromatic carbocycles. The van der Waals surface area contributed by atoms with Gasteiger partial charge in [0.1, 0.15) is 23.3 Å². The Bertz CT molecular complexity index is 1040. The molecular formula is C25H29N3O5. The summed E-state index contributed by atoms with van der Waals surface area (Å²) in [4.78, 5) is 28.1. The SMILES string of the molecule is CCOC(=O)C1=NN(c2ccccc2)C(C(=O)N2CCCC2c2ccc(OC)cc2OC)C1. The van der Waals surface area contributed by atoms with Crippen LogP contribution in [0.4, 0.5) is 5.69 Å². The molecule has 2 aromatic rings. The minimum absolute atomic E-state index is 0.0673. The van der Waals surface area contributed by atoms with Crippen molar-refractivity contribution in [3.8, 4) is 11.5 Å². The van der Waals surface area contributed by atoms with Crippen LogP contribution in [0.3, 0.4) is 0 Å². The number of rotatable bonds is 7. The van der Waals surface area contributed by atoms with Crippen molar-refractivity contribution in [3.05, 3.63) is 54.1 Å². The predicted molar refractivity (Wildman–Crippen MR) is 125 cm³/mol. The van der Waals surface area contributed by atoms with Gasteiger partial charge in [0.05, 0.1) is 32.6 Å². The number of amides is 1. The summed E-state index contributed by atoms with van der Waals surface area (Å²) >= 11 is 0. The summed E-state index contributed by atoms with van der Waals surface area (Å²) in [6, 6.07) is 14.4. The van der Waals surface area contributed by atoms with E-state index in [1.165, 1.54) is 0 Å². The summed E-state index contributed by atoms with van der Waals surface area (Å²) < 4.78 is 16.1. The van der Waals surface area contributed by atoms with Crippen molar-refractivity contribution in [1.82, 2.24) is 4.90 Å². The fraction of sp³-hybridized carbons (Fsp3) is 0.400. The number of nitrogens with zero attached hydrogens (tertiary/aromatic N) is 3. The number of esters is 1. The Morgan fingerprint density at radius 1 is 1.09 bits per heavy atom. The molecule has 1 amide bonds. The Hall–Kier alpha value is -3.55. The van der Waals surface area contributed by atoms with Crippen molar-refractivity contribution < 1.29 is 23.8 Å². The maximum Gasteiger partial charge on any atom is 0.354 e. The number of hydrogen-bond donors (Lipinski definition) is 0. The van der Waals surface area contributed by atoms with Gasteiger partial charge in [-0.25, -0.2) is 4.79 Å². The van der Waals surface area contributed by atoms with Gasteiger partial charge in [-0.3, -0.25) is 9.80 Å². The minimum Gasteiger partial charge on any atom is -0.497 e. The van der Waals surface area contributed by atoms with E-state index in [0.717, 1.165) is 24.1 Å². The highest BCUT2D eigenvalue weighted by Gasteiger charge is 2.42. The highest BCUT2D eigenvalue weighted by molar-refractivity contribution is 6.38. The van der Waals surface area contributed by atoms with E-state index < -0.39 is 12.0 Å². The number of ether oxygens (including phenoxy) is 3. The van der Waals surface area contributed by atoms with Gasteiger partial charge in [-0.2, -0.15) is 5.10 Å². The van der Waals surface area contributed by atoms with Crippen LogP contribution in [-0.4, -0.2) is 55.9 Å². The summed E-state index contributed by atoms with van der Waals surface area (Å²) in [7, 11) is 3.23. The molecule has 0 aromatic heterocycles. The molecule has 2 unspecified atom stereocenters. The van der Waals surface area contributed by atoms with E-state index in [0.29, 0.717) is 18.0 Å². The first-order valence-electron chi connectivity index (χ1n) is 11.2. The first-order chi connectivity index (χ1) is 16.1. The van der Waals surface area contributed by atoms with Crippen LogP contribution >= 0.6 is 0 Å². The fourth-order valence-corrected chi connectivity index (χ4v) is 4.50. The number of hydrazone groups is 1. The molecule has 0 saturated carbocycles. The standard InChI is InChI=1S/C25H29N3O5/c1-4-33-25(30)20-16-22(28(26-20)17-9-6-5-7-10-17)24(29)27-14-8-11-21(27)19-13-12-18(31-2)15-23(19)32-3/h5-7,9-10,12-13,15,21-22H,4,8,11,14,16H2,1-3H3. The van der Waals surface area contributed by atoms with Crippen LogP contribution in [-0.2, 0) is 14.3 Å². The molecule has 2 aliphatic heterocycles. The second-order valence-electron chi connectivity index (χ2n) is 7.96. The Labute approximate surface area is 193 Å². The summed E-state index contributed by atoms with van der Waals surface area (Å²) in [5.41, 5.74) is 1.96. The van der Waals surface area contributed by atoms with E-state index in [2.05, 4.69) is 5.10 Å². The maximum atomic E-state index is 13.9. The van der Waals surface area contributed by atoms with E-state index >= 15 is 0 Å². The smallest absolute Gasteiger partial charge is 0.354 e. The molecule has 2 atom stereocenters. The third-order valence-corrected chi connectivity index (χ3v) is 6.06. The number of methoxy groups -OCH3 is 2. The van der Waals surface area contributed by atoms with Crippen LogP contribution in [0, 0.1) is 0 Å². The van der Waals surface area contributed by atoms with Crippen molar-refractivity contribution in [2.24, 2.45) is 5.10 Å². The summed E-state index contributed by atoms with van der Waals surface area (Å²) in [5.74, 6) is 0.838. The molecular weight excluding hydrogens is 422 g/mol. The summed E-state index contributed by atoms with van der Waals surface area (Å²) in [5, 5.41) is 6.14. The Morgan fingerprint density at radius 2 is 1.88 bits per heavy atom. The van der Waals surface area contributed by atoms with Crippen LogP contribution in [0.2, 0.25) is 0 Å². The molecule has 8 nitrogen and oxygen atoms in total. The third-order valence-electron chi connectivity index (χ3n) is 6.06. The number of hydrogen-bond acceptors (Lipinski definition) is 7. The zero-order valence-electron chi connectivity index (χ0n) is 19.2. The van der Waals surface area contributed by atoms with Crippen molar-refractivity contribution in [1.29, 1.82) is 0 Å². The fourth-order valence-electron chi connectivity index (χ4n) is 4.50. The van der Waals surface area contributed by atoms with Crippen LogP contribution in [0.15, 0.2) is 53.6 Å². The summed E-state index contributed by atoms with van der Waals surface area (Å²) in [6.07, 6.45) is 1.92. The lowest BCUT2D eigenvalue weighted by Gasteiger charge is -2.31.